The van der Waals surface area contributed by atoms with Gasteiger partial charge in [0.2, 0.25) is 11.8 Å². The van der Waals surface area contributed by atoms with Crippen molar-refractivity contribution >= 4 is 23.8 Å². The number of carbonyl (C=O) groups excluding carboxylic acids is 3. The first-order chi connectivity index (χ1) is 31.3. The Labute approximate surface area is 391 Å². The smallest absolute Gasteiger partial charge is 0.328 e. The highest BCUT2D eigenvalue weighted by Gasteiger charge is 2.19. The quantitative estimate of drug-likeness (QED) is 0.0271. The summed E-state index contributed by atoms with van der Waals surface area (Å²) in [5.74, 6) is -2.32. The summed E-state index contributed by atoms with van der Waals surface area (Å²) in [6.45, 7) is 3.38. The van der Waals surface area contributed by atoms with Crippen LogP contribution in [-0.4, -0.2) is 59.3 Å². The fourth-order valence-corrected chi connectivity index (χ4v) is 7.53. The molecule has 0 radical (unpaired) electrons. The molecule has 64 heavy (non-hydrogen) atoms. The van der Waals surface area contributed by atoms with Crippen LogP contribution < -0.4 is 10.6 Å². The molecule has 0 aliphatic heterocycles. The molecule has 0 spiro atoms. The number of aliphatic hydroxyl groups is 1. The Morgan fingerprint density at radius 1 is 0.484 bits per heavy atom. The van der Waals surface area contributed by atoms with Gasteiger partial charge in [-0.1, -0.05) is 184 Å². The van der Waals surface area contributed by atoms with Gasteiger partial charge in [-0.05, 0) is 103 Å². The SMILES string of the molecule is CC/C=C\C/C=C\C/C=C\C/C=C\CCCCC(CCCCCCCC(=O)NCC(=O)NC(CO)C(=O)O)OC(=O)CCCCCCCCCCC/C=C\CCCCCCCCCC. The third-order valence-electron chi connectivity index (χ3n) is 11.5. The number of aliphatic carboxylic acids is 1. The van der Waals surface area contributed by atoms with Gasteiger partial charge in [-0.25, -0.2) is 4.79 Å². The van der Waals surface area contributed by atoms with Crippen LogP contribution in [0, 0.1) is 0 Å². The Bertz CT molecular complexity index is 1260. The van der Waals surface area contributed by atoms with Crippen molar-refractivity contribution in [2.75, 3.05) is 13.2 Å². The maximum Gasteiger partial charge on any atom is 0.328 e. The number of rotatable bonds is 47. The number of unbranched alkanes of at least 4 members (excludes halogenated alkanes) is 23. The minimum Gasteiger partial charge on any atom is -0.480 e. The first-order valence-corrected chi connectivity index (χ1v) is 26.2. The fourth-order valence-electron chi connectivity index (χ4n) is 7.53. The third-order valence-corrected chi connectivity index (χ3v) is 11.5. The summed E-state index contributed by atoms with van der Waals surface area (Å²) in [6, 6.07) is -1.39. The Kier molecular flexibility index (Phi) is 46.3. The Morgan fingerprint density at radius 2 is 0.891 bits per heavy atom. The Morgan fingerprint density at radius 3 is 1.39 bits per heavy atom. The van der Waals surface area contributed by atoms with Crippen molar-refractivity contribution in [3.8, 4) is 0 Å². The number of hydrogen-bond donors (Lipinski definition) is 4. The van der Waals surface area contributed by atoms with E-state index in [0.29, 0.717) is 12.8 Å². The van der Waals surface area contributed by atoms with E-state index in [1.54, 1.807) is 0 Å². The van der Waals surface area contributed by atoms with Crippen LogP contribution >= 0.6 is 0 Å². The van der Waals surface area contributed by atoms with Crippen molar-refractivity contribution < 1.29 is 34.1 Å². The number of ether oxygens (including phenoxy) is 1. The van der Waals surface area contributed by atoms with Crippen molar-refractivity contribution in [2.24, 2.45) is 0 Å². The van der Waals surface area contributed by atoms with Crippen LogP contribution in [-0.2, 0) is 23.9 Å². The molecule has 0 heterocycles. The van der Waals surface area contributed by atoms with Gasteiger partial charge in [-0.3, -0.25) is 14.4 Å². The number of hydrogen-bond acceptors (Lipinski definition) is 6. The predicted octanol–water partition coefficient (Wildman–Crippen LogP) is 14.1. The highest BCUT2D eigenvalue weighted by Crippen LogP contribution is 2.18. The molecule has 0 fully saturated rings. The lowest BCUT2D eigenvalue weighted by molar-refractivity contribution is -0.150. The fraction of sp³-hybridized carbons (Fsp3) is 0.745. The number of carbonyl (C=O) groups is 4. The molecule has 0 aromatic heterocycles. The van der Waals surface area contributed by atoms with E-state index in [4.69, 9.17) is 14.9 Å². The zero-order chi connectivity index (χ0) is 46.8. The molecular formula is C55H96N2O7. The van der Waals surface area contributed by atoms with E-state index in [1.807, 2.05) is 0 Å². The van der Waals surface area contributed by atoms with Crippen LogP contribution in [0.15, 0.2) is 60.8 Å². The topological polar surface area (TPSA) is 142 Å². The van der Waals surface area contributed by atoms with Gasteiger partial charge in [0, 0.05) is 12.8 Å². The second-order valence-electron chi connectivity index (χ2n) is 17.6. The summed E-state index contributed by atoms with van der Waals surface area (Å²) in [4.78, 5) is 47.8. The molecule has 0 bridgehead atoms. The number of carboxylic acid groups (broad SMARTS) is 1. The van der Waals surface area contributed by atoms with Gasteiger partial charge in [0.05, 0.1) is 13.2 Å². The summed E-state index contributed by atoms with van der Waals surface area (Å²) < 4.78 is 6.05. The summed E-state index contributed by atoms with van der Waals surface area (Å²) >= 11 is 0. The molecule has 9 nitrogen and oxygen atoms in total. The lowest BCUT2D eigenvalue weighted by atomic mass is 10.0. The lowest BCUT2D eigenvalue weighted by Crippen LogP contribution is -2.47. The van der Waals surface area contributed by atoms with Crippen LogP contribution in [0.4, 0.5) is 0 Å². The minimum absolute atomic E-state index is 0.0567. The average Bonchev–Trinajstić information content (AvgIpc) is 3.28. The van der Waals surface area contributed by atoms with Gasteiger partial charge in [0.15, 0.2) is 0 Å². The molecule has 0 aliphatic carbocycles. The highest BCUT2D eigenvalue weighted by molar-refractivity contribution is 5.87. The molecule has 2 unspecified atom stereocenters. The van der Waals surface area contributed by atoms with Crippen LogP contribution in [0.25, 0.3) is 0 Å². The highest BCUT2D eigenvalue weighted by atomic mass is 16.5. The summed E-state index contributed by atoms with van der Waals surface area (Å²) in [5.41, 5.74) is 0. The van der Waals surface area contributed by atoms with Crippen molar-refractivity contribution in [3.05, 3.63) is 60.8 Å². The van der Waals surface area contributed by atoms with Gasteiger partial charge in [-0.2, -0.15) is 0 Å². The van der Waals surface area contributed by atoms with Gasteiger partial charge in [-0.15, -0.1) is 0 Å². The van der Waals surface area contributed by atoms with Gasteiger partial charge in [0.25, 0.3) is 0 Å². The molecule has 0 saturated heterocycles. The molecule has 0 aromatic carbocycles. The number of aliphatic hydroxyl groups excluding tert-OH is 1. The number of nitrogens with one attached hydrogen (secondary N) is 2. The Hall–Kier alpha value is -3.46. The normalized spacial score (nSPS) is 12.9. The number of amides is 2. The number of esters is 1. The van der Waals surface area contributed by atoms with E-state index in [9.17, 15) is 19.2 Å². The van der Waals surface area contributed by atoms with Crippen molar-refractivity contribution in [1.82, 2.24) is 10.6 Å². The maximum atomic E-state index is 12.9. The summed E-state index contributed by atoms with van der Waals surface area (Å²) in [5, 5.41) is 22.6. The van der Waals surface area contributed by atoms with Crippen molar-refractivity contribution in [1.29, 1.82) is 0 Å². The second kappa shape index (κ2) is 49.0. The standard InChI is InChI=1S/C55H96N2O7/c1-3-5-7-9-11-13-15-17-19-20-21-22-23-24-26-28-30-32-34-39-43-47-54(61)64-50(44-40-36-33-31-29-27-25-18-16-14-12-10-8-6-4-2)45-41-37-35-38-42-46-52(59)56-48-53(60)57-51(49-58)55(62)63/h6,8,12,14,18,20-21,25,29,31,50-51,58H,3-5,7,9-11,13,15-17,19,22-24,26-28,30,32-49H2,1-2H3,(H,56,59)(H,57,60)(H,62,63)/b8-6-,14-12-,21-20-,25-18-,31-29-. The van der Waals surface area contributed by atoms with Crippen LogP contribution in [0.2, 0.25) is 0 Å². The first-order valence-electron chi connectivity index (χ1n) is 26.2. The first kappa shape index (κ1) is 60.5. The second-order valence-corrected chi connectivity index (χ2v) is 17.6. The molecule has 2 atom stereocenters. The maximum absolute atomic E-state index is 12.9. The van der Waals surface area contributed by atoms with Crippen LogP contribution in [0.5, 0.6) is 0 Å². The number of allylic oxidation sites excluding steroid dienone is 10. The molecule has 2 amide bonds. The monoisotopic (exact) mass is 897 g/mol. The molecule has 0 saturated carbocycles. The molecule has 0 aromatic rings. The van der Waals surface area contributed by atoms with Crippen molar-refractivity contribution in [2.45, 2.75) is 251 Å². The summed E-state index contributed by atoms with van der Waals surface area (Å²) in [6.07, 6.45) is 61.2. The minimum atomic E-state index is -1.39. The van der Waals surface area contributed by atoms with E-state index < -0.39 is 24.5 Å². The third kappa shape index (κ3) is 45.1. The number of carboxylic acids is 1. The van der Waals surface area contributed by atoms with E-state index in [-0.39, 0.29) is 30.9 Å². The van der Waals surface area contributed by atoms with Gasteiger partial charge < -0.3 is 25.6 Å². The largest absolute Gasteiger partial charge is 0.480 e. The molecule has 9 heteroatoms. The lowest BCUT2D eigenvalue weighted by Gasteiger charge is -2.18. The molecule has 0 aliphatic rings. The zero-order valence-electron chi connectivity index (χ0n) is 41.0. The van der Waals surface area contributed by atoms with E-state index in [1.165, 1.54) is 109 Å². The van der Waals surface area contributed by atoms with Crippen LogP contribution in [0.1, 0.15) is 239 Å². The van der Waals surface area contributed by atoms with E-state index >= 15 is 0 Å². The molecular weight excluding hydrogens is 801 g/mol. The zero-order valence-corrected chi connectivity index (χ0v) is 41.0. The molecule has 0 rings (SSSR count). The van der Waals surface area contributed by atoms with Crippen LogP contribution in [0.3, 0.4) is 0 Å². The molecule has 4 N–H and O–H groups in total. The average molecular weight is 897 g/mol. The molecule has 368 valence electrons. The van der Waals surface area contributed by atoms with Gasteiger partial charge >= 0.3 is 11.9 Å². The van der Waals surface area contributed by atoms with Gasteiger partial charge in [0.1, 0.15) is 12.1 Å². The van der Waals surface area contributed by atoms with E-state index in [0.717, 1.165) is 96.3 Å². The Balaban J connectivity index is 4.34. The summed E-state index contributed by atoms with van der Waals surface area (Å²) in [7, 11) is 0. The predicted molar refractivity (Wildman–Crippen MR) is 268 cm³/mol. The van der Waals surface area contributed by atoms with E-state index in [2.05, 4.69) is 85.2 Å². The van der Waals surface area contributed by atoms with Crippen molar-refractivity contribution in [3.63, 3.8) is 0 Å².